The summed E-state index contributed by atoms with van der Waals surface area (Å²) in [6.45, 7) is -0.367. The van der Waals surface area contributed by atoms with E-state index in [1.165, 1.54) is 7.11 Å². The first kappa shape index (κ1) is 21.2. The van der Waals surface area contributed by atoms with Gasteiger partial charge in [0, 0.05) is 11.8 Å². The minimum atomic E-state index is -3.67. The van der Waals surface area contributed by atoms with Crippen molar-refractivity contribution in [3.05, 3.63) is 78.9 Å². The topological polar surface area (TPSA) is 84.9 Å². The van der Waals surface area contributed by atoms with E-state index in [2.05, 4.69) is 5.32 Å². The van der Waals surface area contributed by atoms with Gasteiger partial charge < -0.3 is 14.8 Å². The van der Waals surface area contributed by atoms with Crippen LogP contribution in [0.15, 0.2) is 78.9 Å². The first-order chi connectivity index (χ1) is 14.3. The van der Waals surface area contributed by atoms with Gasteiger partial charge in [0.25, 0.3) is 0 Å². The van der Waals surface area contributed by atoms with E-state index >= 15 is 0 Å². The molecule has 1 N–H and O–H groups in total. The third kappa shape index (κ3) is 5.74. The van der Waals surface area contributed by atoms with Crippen molar-refractivity contribution in [3.8, 4) is 17.2 Å². The molecule has 8 heteroatoms. The maximum atomic E-state index is 12.5. The number of ether oxygens (including phenoxy) is 2. The monoisotopic (exact) mass is 426 g/mol. The van der Waals surface area contributed by atoms with Crippen molar-refractivity contribution in [1.29, 1.82) is 0 Å². The van der Waals surface area contributed by atoms with Gasteiger partial charge >= 0.3 is 0 Å². The van der Waals surface area contributed by atoms with Crippen LogP contribution in [0.25, 0.3) is 0 Å². The highest BCUT2D eigenvalue weighted by Crippen LogP contribution is 2.24. The van der Waals surface area contributed by atoms with Gasteiger partial charge in [0.15, 0.2) is 0 Å². The number of hydrogen-bond donors (Lipinski definition) is 1. The SMILES string of the molecule is COc1cccc(N(CC(=O)Nc2ccc(Oc3ccccc3)cc2)S(C)(=O)=O)c1. The summed E-state index contributed by atoms with van der Waals surface area (Å²) in [4.78, 5) is 12.5. The maximum Gasteiger partial charge on any atom is 0.245 e. The van der Waals surface area contributed by atoms with Crippen LogP contribution in [0.4, 0.5) is 11.4 Å². The van der Waals surface area contributed by atoms with Crippen LogP contribution in [-0.4, -0.2) is 34.2 Å². The molecule has 0 radical (unpaired) electrons. The van der Waals surface area contributed by atoms with Crippen molar-refractivity contribution in [1.82, 2.24) is 0 Å². The number of rotatable bonds is 8. The fraction of sp³-hybridized carbons (Fsp3) is 0.136. The van der Waals surface area contributed by atoms with Gasteiger partial charge in [-0.15, -0.1) is 0 Å². The zero-order valence-corrected chi connectivity index (χ0v) is 17.4. The maximum absolute atomic E-state index is 12.5. The van der Waals surface area contributed by atoms with Gasteiger partial charge in [0.2, 0.25) is 15.9 Å². The van der Waals surface area contributed by atoms with Crippen LogP contribution in [0, 0.1) is 0 Å². The summed E-state index contributed by atoms with van der Waals surface area (Å²) in [7, 11) is -2.19. The summed E-state index contributed by atoms with van der Waals surface area (Å²) in [5.74, 6) is 1.35. The predicted octanol–water partition coefficient (Wildman–Crippen LogP) is 3.89. The lowest BCUT2D eigenvalue weighted by molar-refractivity contribution is -0.114. The highest BCUT2D eigenvalue weighted by atomic mass is 32.2. The Hall–Kier alpha value is -3.52. The highest BCUT2D eigenvalue weighted by molar-refractivity contribution is 7.92. The molecule has 30 heavy (non-hydrogen) atoms. The van der Waals surface area contributed by atoms with Crippen LogP contribution in [0.5, 0.6) is 17.2 Å². The largest absolute Gasteiger partial charge is 0.497 e. The van der Waals surface area contributed by atoms with E-state index in [1.54, 1.807) is 48.5 Å². The van der Waals surface area contributed by atoms with E-state index < -0.39 is 15.9 Å². The number of para-hydroxylation sites is 1. The molecule has 156 valence electrons. The molecule has 0 saturated heterocycles. The van der Waals surface area contributed by atoms with Crippen LogP contribution < -0.4 is 19.1 Å². The van der Waals surface area contributed by atoms with Crippen LogP contribution in [-0.2, 0) is 14.8 Å². The van der Waals surface area contributed by atoms with Gasteiger partial charge in [-0.05, 0) is 48.5 Å². The smallest absolute Gasteiger partial charge is 0.245 e. The Bertz CT molecular complexity index is 1100. The van der Waals surface area contributed by atoms with Gasteiger partial charge in [-0.1, -0.05) is 24.3 Å². The van der Waals surface area contributed by atoms with Crippen molar-refractivity contribution in [2.24, 2.45) is 0 Å². The minimum absolute atomic E-state index is 0.346. The van der Waals surface area contributed by atoms with Gasteiger partial charge in [0.05, 0.1) is 19.1 Å². The molecule has 3 rings (SSSR count). The summed E-state index contributed by atoms with van der Waals surface area (Å²) in [5, 5.41) is 2.70. The number of nitrogens with zero attached hydrogens (tertiary/aromatic N) is 1. The molecular weight excluding hydrogens is 404 g/mol. The molecule has 3 aromatic rings. The second-order valence-corrected chi connectivity index (χ2v) is 8.37. The Morgan fingerprint density at radius 3 is 2.17 bits per heavy atom. The van der Waals surface area contributed by atoms with Gasteiger partial charge in [0.1, 0.15) is 23.8 Å². The predicted molar refractivity (Wildman–Crippen MR) is 117 cm³/mol. The van der Waals surface area contributed by atoms with E-state index in [0.29, 0.717) is 28.6 Å². The molecule has 0 aromatic heterocycles. The summed E-state index contributed by atoms with van der Waals surface area (Å²) < 4.78 is 36.3. The number of benzene rings is 3. The first-order valence-corrected chi connectivity index (χ1v) is 10.9. The van der Waals surface area contributed by atoms with E-state index in [9.17, 15) is 13.2 Å². The Morgan fingerprint density at radius 1 is 0.900 bits per heavy atom. The third-order valence-electron chi connectivity index (χ3n) is 4.15. The van der Waals surface area contributed by atoms with E-state index in [0.717, 1.165) is 10.6 Å². The van der Waals surface area contributed by atoms with Crippen molar-refractivity contribution in [2.45, 2.75) is 0 Å². The van der Waals surface area contributed by atoms with E-state index in [1.807, 2.05) is 30.3 Å². The quantitative estimate of drug-likeness (QED) is 0.591. The number of anilines is 2. The van der Waals surface area contributed by atoms with Crippen LogP contribution in [0.1, 0.15) is 0 Å². The third-order valence-corrected chi connectivity index (χ3v) is 5.29. The van der Waals surface area contributed by atoms with Crippen LogP contribution in [0.3, 0.4) is 0 Å². The lowest BCUT2D eigenvalue weighted by atomic mass is 10.3. The number of carbonyl (C=O) groups is 1. The highest BCUT2D eigenvalue weighted by Gasteiger charge is 2.21. The number of nitrogens with one attached hydrogen (secondary N) is 1. The Morgan fingerprint density at radius 2 is 1.53 bits per heavy atom. The molecule has 0 aliphatic heterocycles. The average Bonchev–Trinajstić information content (AvgIpc) is 2.73. The summed E-state index contributed by atoms with van der Waals surface area (Å²) in [5.41, 5.74) is 0.873. The molecule has 0 saturated carbocycles. The molecule has 0 unspecified atom stereocenters. The molecule has 0 bridgehead atoms. The van der Waals surface area contributed by atoms with Crippen molar-refractivity contribution >= 4 is 27.3 Å². The molecule has 0 heterocycles. The van der Waals surface area contributed by atoms with Gasteiger partial charge in [-0.2, -0.15) is 0 Å². The molecular formula is C22H22N2O5S. The normalized spacial score (nSPS) is 10.9. The number of hydrogen-bond acceptors (Lipinski definition) is 5. The van der Waals surface area contributed by atoms with Crippen molar-refractivity contribution in [2.75, 3.05) is 29.5 Å². The molecule has 3 aromatic carbocycles. The van der Waals surface area contributed by atoms with Crippen molar-refractivity contribution in [3.63, 3.8) is 0 Å². The lowest BCUT2D eigenvalue weighted by Gasteiger charge is -2.22. The summed E-state index contributed by atoms with van der Waals surface area (Å²) >= 11 is 0. The van der Waals surface area contributed by atoms with Crippen LogP contribution >= 0.6 is 0 Å². The van der Waals surface area contributed by atoms with E-state index in [4.69, 9.17) is 9.47 Å². The number of methoxy groups -OCH3 is 1. The van der Waals surface area contributed by atoms with E-state index in [-0.39, 0.29) is 6.54 Å². The second-order valence-electron chi connectivity index (χ2n) is 6.46. The second kappa shape index (κ2) is 9.32. The molecule has 0 spiro atoms. The molecule has 0 aliphatic rings. The first-order valence-electron chi connectivity index (χ1n) is 9.10. The Balaban J connectivity index is 1.68. The molecule has 0 aliphatic carbocycles. The molecule has 0 atom stereocenters. The summed E-state index contributed by atoms with van der Waals surface area (Å²) in [6.07, 6.45) is 1.05. The number of amides is 1. The zero-order valence-electron chi connectivity index (χ0n) is 16.6. The standard InChI is InChI=1S/C22H22N2O5S/c1-28-21-10-6-7-18(15-21)24(30(2,26)27)16-22(25)23-17-11-13-20(14-12-17)29-19-8-4-3-5-9-19/h3-15H,16H2,1-2H3,(H,23,25). The zero-order chi connectivity index (χ0) is 21.6. The van der Waals surface area contributed by atoms with Crippen molar-refractivity contribution < 1.29 is 22.7 Å². The minimum Gasteiger partial charge on any atom is -0.497 e. The number of carbonyl (C=O) groups excluding carboxylic acids is 1. The van der Waals surface area contributed by atoms with Gasteiger partial charge in [-0.3, -0.25) is 9.10 Å². The van der Waals surface area contributed by atoms with Gasteiger partial charge in [-0.25, -0.2) is 8.42 Å². The molecule has 1 amide bonds. The fourth-order valence-corrected chi connectivity index (χ4v) is 3.58. The Kier molecular flexibility index (Phi) is 6.58. The lowest BCUT2D eigenvalue weighted by Crippen LogP contribution is -2.37. The Labute approximate surface area is 175 Å². The number of sulfonamides is 1. The average molecular weight is 426 g/mol. The van der Waals surface area contributed by atoms with Crippen LogP contribution in [0.2, 0.25) is 0 Å². The summed E-state index contributed by atoms with van der Waals surface area (Å²) in [6, 6.07) is 22.7. The molecule has 7 nitrogen and oxygen atoms in total. The fourth-order valence-electron chi connectivity index (χ4n) is 2.73. The molecule has 0 fully saturated rings.